The number of hydrogen-bond acceptors (Lipinski definition) is 5. The first-order valence-electron chi connectivity index (χ1n) is 19.0. The Balaban J connectivity index is 0.958. The third kappa shape index (κ3) is 5.01. The molecular weight excluding hydrogens is 701 g/mol. The van der Waals surface area contributed by atoms with Crippen molar-refractivity contribution in [2.45, 2.75) is 0 Å². The molecule has 0 N–H and O–H groups in total. The molecule has 266 valence electrons. The standard InChI is InChI=1S/C51H30N4O2/c1-3-12-31(13-4-1)49-52-50(32-14-5-2-6-15-32)54-51(53-49)40-19-11-18-39-42-29-34(23-27-46(42)57-48(39)40)33-22-26-45-41(28-33)38-25-24-35(30-47(38)56-45)55-43-20-9-7-16-36(43)37-17-8-10-21-44(37)55/h1-30H. The second-order valence-electron chi connectivity index (χ2n) is 14.4. The van der Waals surface area contributed by atoms with Crippen LogP contribution < -0.4 is 0 Å². The molecule has 0 fully saturated rings. The van der Waals surface area contributed by atoms with Crippen molar-refractivity contribution in [3.63, 3.8) is 0 Å². The number of fused-ring (bicyclic) bond motifs is 9. The van der Waals surface area contributed by atoms with Gasteiger partial charge in [-0.05, 0) is 65.7 Å². The average molecular weight is 731 g/mol. The molecule has 6 nitrogen and oxygen atoms in total. The van der Waals surface area contributed by atoms with E-state index in [4.69, 9.17) is 23.8 Å². The summed E-state index contributed by atoms with van der Waals surface area (Å²) in [6, 6.07) is 62.7. The van der Waals surface area contributed by atoms with Crippen LogP contribution in [-0.4, -0.2) is 19.5 Å². The molecule has 12 rings (SSSR count). The third-order valence-electron chi connectivity index (χ3n) is 11.1. The van der Waals surface area contributed by atoms with Crippen molar-refractivity contribution < 1.29 is 8.83 Å². The van der Waals surface area contributed by atoms with Gasteiger partial charge in [-0.15, -0.1) is 0 Å². The molecule has 57 heavy (non-hydrogen) atoms. The van der Waals surface area contributed by atoms with Crippen molar-refractivity contribution in [1.82, 2.24) is 19.5 Å². The van der Waals surface area contributed by atoms with Gasteiger partial charge in [-0.3, -0.25) is 0 Å². The molecule has 4 heterocycles. The largest absolute Gasteiger partial charge is 0.456 e. The number of rotatable bonds is 5. The summed E-state index contributed by atoms with van der Waals surface area (Å²) in [5, 5.41) is 6.66. The van der Waals surface area contributed by atoms with E-state index < -0.39 is 0 Å². The Labute approximate surface area is 325 Å². The number of aromatic nitrogens is 4. The quantitative estimate of drug-likeness (QED) is 0.176. The minimum Gasteiger partial charge on any atom is -0.456 e. The van der Waals surface area contributed by atoms with Crippen molar-refractivity contribution in [2.75, 3.05) is 0 Å². The van der Waals surface area contributed by atoms with Crippen LogP contribution >= 0.6 is 0 Å². The zero-order valence-corrected chi connectivity index (χ0v) is 30.4. The van der Waals surface area contributed by atoms with E-state index in [0.717, 1.165) is 77.4 Å². The number of nitrogens with zero attached hydrogens (tertiary/aromatic N) is 4. The SMILES string of the molecule is c1ccc(-c2nc(-c3ccccc3)nc(-c3cccc4c3oc3ccc(-c5ccc6oc7cc(-n8c9ccccc9c9ccccc98)ccc7c6c5)cc34)n2)cc1. The van der Waals surface area contributed by atoms with Crippen LogP contribution in [0.3, 0.4) is 0 Å². The smallest absolute Gasteiger partial charge is 0.167 e. The highest BCUT2D eigenvalue weighted by molar-refractivity contribution is 6.12. The van der Waals surface area contributed by atoms with Gasteiger partial charge in [0.25, 0.3) is 0 Å². The zero-order valence-electron chi connectivity index (χ0n) is 30.4. The molecule has 4 aromatic heterocycles. The predicted molar refractivity (Wildman–Crippen MR) is 230 cm³/mol. The summed E-state index contributed by atoms with van der Waals surface area (Å²) in [6.45, 7) is 0. The van der Waals surface area contributed by atoms with Gasteiger partial charge in [-0.2, -0.15) is 0 Å². The van der Waals surface area contributed by atoms with Gasteiger partial charge in [-0.1, -0.05) is 121 Å². The second-order valence-corrected chi connectivity index (χ2v) is 14.4. The number of furan rings is 2. The highest BCUT2D eigenvalue weighted by Gasteiger charge is 2.19. The van der Waals surface area contributed by atoms with Crippen LogP contribution in [0.5, 0.6) is 0 Å². The zero-order chi connectivity index (χ0) is 37.5. The van der Waals surface area contributed by atoms with Crippen molar-refractivity contribution in [2.24, 2.45) is 0 Å². The van der Waals surface area contributed by atoms with Crippen LogP contribution in [0.1, 0.15) is 0 Å². The third-order valence-corrected chi connectivity index (χ3v) is 11.1. The lowest BCUT2D eigenvalue weighted by atomic mass is 10.00. The first-order valence-corrected chi connectivity index (χ1v) is 19.0. The van der Waals surface area contributed by atoms with Crippen molar-refractivity contribution >= 4 is 65.7 Å². The second kappa shape index (κ2) is 12.3. The summed E-state index contributed by atoms with van der Waals surface area (Å²) < 4.78 is 15.4. The summed E-state index contributed by atoms with van der Waals surface area (Å²) in [4.78, 5) is 14.9. The molecule has 0 aliphatic carbocycles. The van der Waals surface area contributed by atoms with Crippen LogP contribution in [0.4, 0.5) is 0 Å². The van der Waals surface area contributed by atoms with Crippen LogP contribution in [-0.2, 0) is 0 Å². The molecule has 0 saturated heterocycles. The first-order chi connectivity index (χ1) is 28.2. The predicted octanol–water partition coefficient (Wildman–Crippen LogP) is 13.4. The van der Waals surface area contributed by atoms with E-state index in [1.807, 2.05) is 72.8 Å². The van der Waals surface area contributed by atoms with E-state index in [1.165, 1.54) is 21.8 Å². The lowest BCUT2D eigenvalue weighted by Crippen LogP contribution is -2.00. The first kappa shape index (κ1) is 31.5. The monoisotopic (exact) mass is 730 g/mol. The molecule has 0 radical (unpaired) electrons. The van der Waals surface area contributed by atoms with Crippen molar-refractivity contribution in [3.8, 4) is 51.0 Å². The fraction of sp³-hybridized carbons (Fsp3) is 0. The van der Waals surface area contributed by atoms with E-state index in [9.17, 15) is 0 Å². The summed E-state index contributed by atoms with van der Waals surface area (Å²) >= 11 is 0. The minimum atomic E-state index is 0.561. The summed E-state index contributed by atoms with van der Waals surface area (Å²) in [5.41, 5.74) is 11.5. The lowest BCUT2D eigenvalue weighted by molar-refractivity contribution is 0.668. The molecular formula is C51H30N4O2. The Bertz CT molecular complexity index is 3410. The molecule has 0 saturated carbocycles. The minimum absolute atomic E-state index is 0.561. The average Bonchev–Trinajstić information content (AvgIpc) is 3.95. The fourth-order valence-electron chi connectivity index (χ4n) is 8.37. The normalized spacial score (nSPS) is 11.9. The molecule has 6 heteroatoms. The summed E-state index contributed by atoms with van der Waals surface area (Å²) in [6.07, 6.45) is 0. The highest BCUT2D eigenvalue weighted by Crippen LogP contribution is 2.40. The summed E-state index contributed by atoms with van der Waals surface area (Å²) in [7, 11) is 0. The van der Waals surface area contributed by atoms with Crippen LogP contribution in [0.25, 0.3) is 117 Å². The lowest BCUT2D eigenvalue weighted by Gasteiger charge is -2.08. The van der Waals surface area contributed by atoms with Gasteiger partial charge in [-0.25, -0.2) is 15.0 Å². The van der Waals surface area contributed by atoms with Crippen LogP contribution in [0, 0.1) is 0 Å². The van der Waals surface area contributed by atoms with Gasteiger partial charge in [0.1, 0.15) is 22.3 Å². The van der Waals surface area contributed by atoms with Crippen LogP contribution in [0.2, 0.25) is 0 Å². The summed E-state index contributed by atoms with van der Waals surface area (Å²) in [5.74, 6) is 1.78. The maximum atomic E-state index is 6.61. The molecule has 12 aromatic rings. The Hall–Kier alpha value is -7.83. The number of benzene rings is 8. The molecule has 0 spiro atoms. The van der Waals surface area contributed by atoms with E-state index in [0.29, 0.717) is 17.5 Å². The topological polar surface area (TPSA) is 69.9 Å². The van der Waals surface area contributed by atoms with Gasteiger partial charge in [0.15, 0.2) is 17.5 Å². The van der Waals surface area contributed by atoms with Gasteiger partial charge < -0.3 is 13.4 Å². The molecule has 8 aromatic carbocycles. The van der Waals surface area contributed by atoms with Gasteiger partial charge in [0.05, 0.1) is 16.6 Å². The van der Waals surface area contributed by atoms with Crippen molar-refractivity contribution in [1.29, 1.82) is 0 Å². The Morgan fingerprint density at radius 2 is 0.877 bits per heavy atom. The van der Waals surface area contributed by atoms with E-state index in [1.54, 1.807) is 0 Å². The Morgan fingerprint density at radius 3 is 1.53 bits per heavy atom. The Kier molecular flexibility index (Phi) is 6.83. The van der Waals surface area contributed by atoms with Gasteiger partial charge in [0, 0.05) is 55.2 Å². The van der Waals surface area contributed by atoms with E-state index in [-0.39, 0.29) is 0 Å². The molecule has 0 atom stereocenters. The maximum Gasteiger partial charge on any atom is 0.167 e. The number of hydrogen-bond donors (Lipinski definition) is 0. The molecule has 0 amide bonds. The molecule has 0 unspecified atom stereocenters. The molecule has 0 aliphatic rings. The van der Waals surface area contributed by atoms with Crippen LogP contribution in [0.15, 0.2) is 191 Å². The molecule has 0 aliphatic heterocycles. The number of para-hydroxylation sites is 3. The Morgan fingerprint density at radius 1 is 0.333 bits per heavy atom. The maximum absolute atomic E-state index is 6.61. The van der Waals surface area contributed by atoms with E-state index >= 15 is 0 Å². The van der Waals surface area contributed by atoms with Gasteiger partial charge >= 0.3 is 0 Å². The molecule has 0 bridgehead atoms. The highest BCUT2D eigenvalue weighted by atomic mass is 16.3. The van der Waals surface area contributed by atoms with E-state index in [2.05, 4.69) is 114 Å². The van der Waals surface area contributed by atoms with Gasteiger partial charge in [0.2, 0.25) is 0 Å². The van der Waals surface area contributed by atoms with Crippen molar-refractivity contribution in [3.05, 3.63) is 182 Å². The fourth-order valence-corrected chi connectivity index (χ4v) is 8.37.